The lowest BCUT2D eigenvalue weighted by Gasteiger charge is -2.20. The van der Waals surface area contributed by atoms with E-state index in [0.29, 0.717) is 50.1 Å². The fourth-order valence-corrected chi connectivity index (χ4v) is 3.74. The van der Waals surface area contributed by atoms with Crippen molar-refractivity contribution in [1.29, 1.82) is 0 Å². The van der Waals surface area contributed by atoms with Crippen LogP contribution in [0.1, 0.15) is 20.8 Å². The molecule has 0 aliphatic heterocycles. The predicted octanol–water partition coefficient (Wildman–Crippen LogP) is 8.38. The van der Waals surface area contributed by atoms with E-state index in [1.807, 2.05) is 18.2 Å². The summed E-state index contributed by atoms with van der Waals surface area (Å²) in [4.78, 5) is 13.5. The maximum atomic E-state index is 6.61. The molecule has 2 aromatic carbocycles. The standard InChI is InChI=1S/C26H22Cl3N3O2/c1-26(2,3)15-33-25-31-23(20-11-10-18(28)13-21(20)29)22(16-6-8-17(27)9-7-16)24(32-25)34-19-5-4-12-30-14-19/h4-14H,15H2,1-3H3. The van der Waals surface area contributed by atoms with Crippen LogP contribution in [0, 0.1) is 5.41 Å². The summed E-state index contributed by atoms with van der Waals surface area (Å²) in [6.45, 7) is 6.62. The van der Waals surface area contributed by atoms with E-state index in [1.54, 1.807) is 48.8 Å². The number of nitrogens with zero attached hydrogens (tertiary/aromatic N) is 3. The summed E-state index contributed by atoms with van der Waals surface area (Å²) < 4.78 is 12.2. The van der Waals surface area contributed by atoms with Gasteiger partial charge in [0.05, 0.1) is 29.1 Å². The van der Waals surface area contributed by atoms with Gasteiger partial charge in [-0.2, -0.15) is 9.97 Å². The number of pyridine rings is 1. The third-order valence-electron chi connectivity index (χ3n) is 4.66. The number of benzene rings is 2. The molecule has 0 aliphatic carbocycles. The Bertz CT molecular complexity index is 1290. The third-order valence-corrected chi connectivity index (χ3v) is 5.46. The molecule has 8 heteroatoms. The first-order valence-corrected chi connectivity index (χ1v) is 11.7. The molecule has 0 bridgehead atoms. The van der Waals surface area contributed by atoms with E-state index in [4.69, 9.17) is 49.3 Å². The largest absolute Gasteiger partial charge is 0.463 e. The lowest BCUT2D eigenvalue weighted by molar-refractivity contribution is 0.183. The van der Waals surface area contributed by atoms with Gasteiger partial charge in [-0.1, -0.05) is 67.7 Å². The molecule has 2 heterocycles. The monoisotopic (exact) mass is 513 g/mol. The van der Waals surface area contributed by atoms with Crippen molar-refractivity contribution in [3.8, 4) is 40.0 Å². The molecular formula is C26H22Cl3N3O2. The molecule has 4 rings (SSSR count). The van der Waals surface area contributed by atoms with Crippen LogP contribution in [0.3, 0.4) is 0 Å². The summed E-state index contributed by atoms with van der Waals surface area (Å²) in [5.41, 5.74) is 2.54. The third kappa shape index (κ3) is 5.98. The summed E-state index contributed by atoms with van der Waals surface area (Å²) in [6, 6.07) is 16.3. The molecule has 0 saturated heterocycles. The summed E-state index contributed by atoms with van der Waals surface area (Å²) in [7, 11) is 0. The van der Waals surface area contributed by atoms with Gasteiger partial charge in [-0.15, -0.1) is 0 Å². The first kappa shape index (κ1) is 24.3. The van der Waals surface area contributed by atoms with Gasteiger partial charge in [-0.05, 0) is 53.4 Å². The Balaban J connectivity index is 1.96. The molecule has 0 aliphatic rings. The van der Waals surface area contributed by atoms with E-state index in [9.17, 15) is 0 Å². The summed E-state index contributed by atoms with van der Waals surface area (Å²) >= 11 is 18.9. The first-order chi connectivity index (χ1) is 16.2. The average Bonchev–Trinajstić information content (AvgIpc) is 2.78. The van der Waals surface area contributed by atoms with Crippen LogP contribution >= 0.6 is 34.8 Å². The van der Waals surface area contributed by atoms with Gasteiger partial charge in [0.1, 0.15) is 5.75 Å². The highest BCUT2D eigenvalue weighted by atomic mass is 35.5. The molecule has 0 unspecified atom stereocenters. The predicted molar refractivity (Wildman–Crippen MR) is 137 cm³/mol. The van der Waals surface area contributed by atoms with Crippen LogP contribution < -0.4 is 9.47 Å². The molecule has 34 heavy (non-hydrogen) atoms. The zero-order valence-electron chi connectivity index (χ0n) is 18.8. The minimum atomic E-state index is -0.0966. The Morgan fingerprint density at radius 3 is 2.26 bits per heavy atom. The highest BCUT2D eigenvalue weighted by Gasteiger charge is 2.23. The minimum Gasteiger partial charge on any atom is -0.463 e. The van der Waals surface area contributed by atoms with Crippen LogP contribution in [0.25, 0.3) is 22.4 Å². The Morgan fingerprint density at radius 2 is 1.62 bits per heavy atom. The number of hydrogen-bond donors (Lipinski definition) is 0. The molecule has 0 N–H and O–H groups in total. The number of rotatable bonds is 6. The number of ether oxygens (including phenoxy) is 2. The first-order valence-electron chi connectivity index (χ1n) is 10.5. The van der Waals surface area contributed by atoms with E-state index in [2.05, 4.69) is 30.7 Å². The molecule has 0 saturated carbocycles. The maximum absolute atomic E-state index is 6.61. The molecule has 0 fully saturated rings. The molecular weight excluding hydrogens is 493 g/mol. The highest BCUT2D eigenvalue weighted by Crippen LogP contribution is 2.43. The van der Waals surface area contributed by atoms with E-state index in [-0.39, 0.29) is 11.4 Å². The highest BCUT2D eigenvalue weighted by molar-refractivity contribution is 6.36. The van der Waals surface area contributed by atoms with Crippen molar-refractivity contribution >= 4 is 34.8 Å². The van der Waals surface area contributed by atoms with Gasteiger partial charge in [0.15, 0.2) is 0 Å². The van der Waals surface area contributed by atoms with E-state index >= 15 is 0 Å². The quantitative estimate of drug-likeness (QED) is 0.258. The molecule has 2 aromatic heterocycles. The van der Waals surface area contributed by atoms with E-state index in [0.717, 1.165) is 5.56 Å². The van der Waals surface area contributed by atoms with Crippen LogP contribution in [0.2, 0.25) is 15.1 Å². The van der Waals surface area contributed by atoms with Crippen LogP contribution in [0.15, 0.2) is 67.0 Å². The number of halogens is 3. The second-order valence-corrected chi connectivity index (χ2v) is 10.1. The van der Waals surface area contributed by atoms with Gasteiger partial charge in [0.25, 0.3) is 0 Å². The van der Waals surface area contributed by atoms with Gasteiger partial charge in [-0.3, -0.25) is 4.98 Å². The molecule has 0 amide bonds. The van der Waals surface area contributed by atoms with Crippen molar-refractivity contribution in [2.45, 2.75) is 20.8 Å². The summed E-state index contributed by atoms with van der Waals surface area (Å²) in [5.74, 6) is 0.821. The zero-order chi connectivity index (χ0) is 24.3. The molecule has 174 valence electrons. The molecule has 0 radical (unpaired) electrons. The van der Waals surface area contributed by atoms with Crippen molar-refractivity contribution in [2.75, 3.05) is 6.61 Å². The molecule has 4 aromatic rings. The normalized spacial score (nSPS) is 11.4. The van der Waals surface area contributed by atoms with Gasteiger partial charge in [0.2, 0.25) is 5.88 Å². The van der Waals surface area contributed by atoms with Crippen molar-refractivity contribution < 1.29 is 9.47 Å². The van der Waals surface area contributed by atoms with Crippen LogP contribution in [0.4, 0.5) is 0 Å². The Labute approximate surface area is 213 Å². The molecule has 0 atom stereocenters. The number of hydrogen-bond acceptors (Lipinski definition) is 5. The zero-order valence-corrected chi connectivity index (χ0v) is 21.1. The fraction of sp³-hybridized carbons (Fsp3) is 0.192. The second-order valence-electron chi connectivity index (χ2n) is 8.81. The van der Waals surface area contributed by atoms with Gasteiger partial charge in [0, 0.05) is 21.8 Å². The minimum absolute atomic E-state index is 0.0966. The van der Waals surface area contributed by atoms with Crippen molar-refractivity contribution in [3.05, 3.63) is 82.1 Å². The van der Waals surface area contributed by atoms with Crippen LogP contribution in [-0.2, 0) is 0 Å². The van der Waals surface area contributed by atoms with Crippen molar-refractivity contribution in [3.63, 3.8) is 0 Å². The Morgan fingerprint density at radius 1 is 0.882 bits per heavy atom. The Kier molecular flexibility index (Phi) is 7.27. The second kappa shape index (κ2) is 10.2. The smallest absolute Gasteiger partial charge is 0.320 e. The van der Waals surface area contributed by atoms with Crippen LogP contribution in [-0.4, -0.2) is 21.6 Å². The Hall–Kier alpha value is -2.86. The van der Waals surface area contributed by atoms with Crippen molar-refractivity contribution in [1.82, 2.24) is 15.0 Å². The van der Waals surface area contributed by atoms with E-state index in [1.165, 1.54) is 0 Å². The van der Waals surface area contributed by atoms with Crippen molar-refractivity contribution in [2.24, 2.45) is 5.41 Å². The maximum Gasteiger partial charge on any atom is 0.320 e. The SMILES string of the molecule is CC(C)(C)COc1nc(Oc2cccnc2)c(-c2ccc(Cl)cc2)c(-c2ccc(Cl)cc2Cl)n1. The van der Waals surface area contributed by atoms with E-state index < -0.39 is 0 Å². The number of aromatic nitrogens is 3. The average molecular weight is 515 g/mol. The summed E-state index contributed by atoms with van der Waals surface area (Å²) in [6.07, 6.45) is 3.28. The lowest BCUT2D eigenvalue weighted by atomic mass is 9.99. The van der Waals surface area contributed by atoms with Gasteiger partial charge >= 0.3 is 6.01 Å². The topological polar surface area (TPSA) is 57.1 Å². The van der Waals surface area contributed by atoms with Gasteiger partial charge < -0.3 is 9.47 Å². The fourth-order valence-electron chi connectivity index (χ4n) is 3.11. The lowest BCUT2D eigenvalue weighted by Crippen LogP contribution is -2.18. The van der Waals surface area contributed by atoms with Gasteiger partial charge in [-0.25, -0.2) is 0 Å². The summed E-state index contributed by atoms with van der Waals surface area (Å²) in [5, 5.41) is 1.57. The molecule has 5 nitrogen and oxygen atoms in total. The van der Waals surface area contributed by atoms with Crippen LogP contribution in [0.5, 0.6) is 17.6 Å². The molecule has 0 spiro atoms.